The zero-order chi connectivity index (χ0) is 16.1. The van der Waals surface area contributed by atoms with Gasteiger partial charge in [0.1, 0.15) is 12.3 Å². The summed E-state index contributed by atoms with van der Waals surface area (Å²) in [6, 6.07) is 2.72. The number of piperidine rings is 1. The molecule has 1 unspecified atom stereocenters. The lowest BCUT2D eigenvalue weighted by Gasteiger charge is -2.33. The molecule has 3 heterocycles. The minimum absolute atomic E-state index is 0.0426. The number of hydrogen-bond donors (Lipinski definition) is 0. The van der Waals surface area contributed by atoms with Crippen LogP contribution >= 0.6 is 0 Å². The molecule has 6 heteroatoms. The molecule has 1 amide bonds. The summed E-state index contributed by atoms with van der Waals surface area (Å²) in [6.45, 7) is 2.83. The molecule has 0 aliphatic carbocycles. The highest BCUT2D eigenvalue weighted by molar-refractivity contribution is 6.00. The third-order valence-electron chi connectivity index (χ3n) is 4.63. The van der Waals surface area contributed by atoms with Gasteiger partial charge in [0.15, 0.2) is 17.0 Å². The molecule has 0 radical (unpaired) electrons. The van der Waals surface area contributed by atoms with E-state index in [0.717, 1.165) is 12.8 Å². The van der Waals surface area contributed by atoms with Crippen LogP contribution in [0.5, 0.6) is 5.75 Å². The molecule has 1 atom stereocenters. The van der Waals surface area contributed by atoms with Gasteiger partial charge in [-0.2, -0.15) is 0 Å². The molecule has 1 fully saturated rings. The van der Waals surface area contributed by atoms with E-state index in [2.05, 4.69) is 0 Å². The monoisotopic (exact) mass is 316 g/mol. The zero-order valence-electron chi connectivity index (χ0n) is 12.8. The third kappa shape index (κ3) is 2.04. The summed E-state index contributed by atoms with van der Waals surface area (Å²) in [5, 5.41) is 0.291. The SMILES string of the molecule is CC1COc2c(N3CCCCC3=O)c(F)cc3c(=O)ccn1c23. The molecule has 0 spiro atoms. The molecular weight excluding hydrogens is 299 g/mol. The summed E-state index contributed by atoms with van der Waals surface area (Å²) in [7, 11) is 0. The lowest BCUT2D eigenvalue weighted by Crippen LogP contribution is -2.37. The van der Waals surface area contributed by atoms with Crippen molar-refractivity contribution in [2.75, 3.05) is 18.1 Å². The van der Waals surface area contributed by atoms with Crippen LogP contribution in [0.15, 0.2) is 23.1 Å². The van der Waals surface area contributed by atoms with Crippen molar-refractivity contribution in [3.05, 3.63) is 34.4 Å². The van der Waals surface area contributed by atoms with Crippen LogP contribution < -0.4 is 15.1 Å². The van der Waals surface area contributed by atoms with Crippen LogP contribution in [0.25, 0.3) is 10.9 Å². The summed E-state index contributed by atoms with van der Waals surface area (Å²) in [5.74, 6) is -0.365. The van der Waals surface area contributed by atoms with Gasteiger partial charge in [-0.05, 0) is 25.8 Å². The number of benzene rings is 1. The largest absolute Gasteiger partial charge is 0.487 e. The van der Waals surface area contributed by atoms with Gasteiger partial charge in [0.2, 0.25) is 5.91 Å². The maximum atomic E-state index is 14.7. The Morgan fingerprint density at radius 3 is 2.91 bits per heavy atom. The third-order valence-corrected chi connectivity index (χ3v) is 4.63. The van der Waals surface area contributed by atoms with E-state index in [1.54, 1.807) is 6.20 Å². The predicted molar refractivity (Wildman–Crippen MR) is 84.6 cm³/mol. The molecule has 1 aromatic carbocycles. The molecule has 2 aliphatic rings. The Balaban J connectivity index is 2.05. The van der Waals surface area contributed by atoms with E-state index in [1.165, 1.54) is 17.0 Å². The molecule has 23 heavy (non-hydrogen) atoms. The van der Waals surface area contributed by atoms with E-state index < -0.39 is 5.82 Å². The fourth-order valence-corrected chi connectivity index (χ4v) is 3.44. The summed E-state index contributed by atoms with van der Waals surface area (Å²) >= 11 is 0. The smallest absolute Gasteiger partial charge is 0.227 e. The number of hydrogen-bond acceptors (Lipinski definition) is 3. The summed E-state index contributed by atoms with van der Waals surface area (Å²) in [6.07, 6.45) is 3.78. The van der Waals surface area contributed by atoms with E-state index >= 15 is 0 Å². The number of anilines is 1. The average molecular weight is 316 g/mol. The van der Waals surface area contributed by atoms with E-state index in [9.17, 15) is 14.0 Å². The van der Waals surface area contributed by atoms with Crippen LogP contribution in [0.4, 0.5) is 10.1 Å². The Kier molecular flexibility index (Phi) is 3.14. The summed E-state index contributed by atoms with van der Waals surface area (Å²) in [4.78, 5) is 25.8. The fourth-order valence-electron chi connectivity index (χ4n) is 3.44. The van der Waals surface area contributed by atoms with Crippen LogP contribution in [0.3, 0.4) is 0 Å². The highest BCUT2D eigenvalue weighted by Gasteiger charge is 2.31. The number of nitrogens with zero attached hydrogens (tertiary/aromatic N) is 2. The second-order valence-corrected chi connectivity index (χ2v) is 6.18. The van der Waals surface area contributed by atoms with Gasteiger partial charge in [-0.25, -0.2) is 4.39 Å². The number of rotatable bonds is 1. The second-order valence-electron chi connectivity index (χ2n) is 6.18. The van der Waals surface area contributed by atoms with E-state index in [-0.39, 0.29) is 23.1 Å². The Bertz CT molecular complexity index is 874. The summed E-state index contributed by atoms with van der Waals surface area (Å²) < 4.78 is 22.4. The van der Waals surface area contributed by atoms with Crippen molar-refractivity contribution in [2.45, 2.75) is 32.2 Å². The highest BCUT2D eigenvalue weighted by Crippen LogP contribution is 2.42. The minimum atomic E-state index is -0.577. The van der Waals surface area contributed by atoms with Crippen LogP contribution in [0, 0.1) is 5.82 Å². The maximum absolute atomic E-state index is 14.7. The first kappa shape index (κ1) is 14.2. The van der Waals surface area contributed by atoms with Crippen LogP contribution in [0.2, 0.25) is 0 Å². The molecule has 0 bridgehead atoms. The maximum Gasteiger partial charge on any atom is 0.227 e. The summed E-state index contributed by atoms with van der Waals surface area (Å²) in [5.41, 5.74) is 0.505. The van der Waals surface area contributed by atoms with Crippen molar-refractivity contribution in [1.29, 1.82) is 0 Å². The first-order valence-corrected chi connectivity index (χ1v) is 7.88. The van der Waals surface area contributed by atoms with Gasteiger partial charge in [0.05, 0.1) is 16.9 Å². The molecule has 4 rings (SSSR count). The number of carbonyl (C=O) groups excluding carboxylic acids is 1. The molecule has 1 saturated heterocycles. The van der Waals surface area contributed by atoms with Gasteiger partial charge in [-0.1, -0.05) is 0 Å². The number of ether oxygens (including phenoxy) is 1. The minimum Gasteiger partial charge on any atom is -0.487 e. The number of aromatic nitrogens is 1. The standard InChI is InChI=1S/C17H17FN2O3/c1-10-9-23-17-15-11(13(21)5-7-19(10)15)8-12(18)16(17)20-6-3-2-4-14(20)22/h5,7-8,10H,2-4,6,9H2,1H3. The van der Waals surface area contributed by atoms with Crippen LogP contribution in [-0.4, -0.2) is 23.6 Å². The molecule has 0 saturated carbocycles. The number of amides is 1. The molecule has 1 aromatic heterocycles. The van der Waals surface area contributed by atoms with Crippen molar-refractivity contribution in [3.63, 3.8) is 0 Å². The fraction of sp³-hybridized carbons (Fsp3) is 0.412. The van der Waals surface area contributed by atoms with E-state index in [4.69, 9.17) is 4.74 Å². The molecule has 2 aromatic rings. The molecule has 0 N–H and O–H groups in total. The molecule has 120 valence electrons. The quantitative estimate of drug-likeness (QED) is 0.812. The lowest BCUT2D eigenvalue weighted by atomic mass is 10.1. The molecule has 5 nitrogen and oxygen atoms in total. The number of pyridine rings is 1. The normalized spacial score (nSPS) is 20.7. The van der Waals surface area contributed by atoms with Gasteiger partial charge >= 0.3 is 0 Å². The highest BCUT2D eigenvalue weighted by atomic mass is 19.1. The average Bonchev–Trinajstić information content (AvgIpc) is 2.54. The van der Waals surface area contributed by atoms with Crippen molar-refractivity contribution >= 4 is 22.5 Å². The van der Waals surface area contributed by atoms with Gasteiger partial charge in [-0.15, -0.1) is 0 Å². The lowest BCUT2D eigenvalue weighted by molar-refractivity contribution is -0.119. The van der Waals surface area contributed by atoms with Gasteiger partial charge < -0.3 is 14.2 Å². The number of carbonyl (C=O) groups is 1. The molecular formula is C17H17FN2O3. The Morgan fingerprint density at radius 2 is 2.13 bits per heavy atom. The Morgan fingerprint density at radius 1 is 1.30 bits per heavy atom. The number of halogens is 1. The first-order chi connectivity index (χ1) is 11.1. The van der Waals surface area contributed by atoms with Gasteiger partial charge in [0, 0.05) is 25.2 Å². The van der Waals surface area contributed by atoms with Crippen molar-refractivity contribution in [3.8, 4) is 5.75 Å². The van der Waals surface area contributed by atoms with Gasteiger partial charge in [-0.3, -0.25) is 9.59 Å². The zero-order valence-corrected chi connectivity index (χ0v) is 12.8. The Labute approximate surface area is 132 Å². The van der Waals surface area contributed by atoms with Crippen LogP contribution in [0.1, 0.15) is 32.2 Å². The Hall–Kier alpha value is -2.37. The van der Waals surface area contributed by atoms with E-state index in [0.29, 0.717) is 36.2 Å². The first-order valence-electron chi connectivity index (χ1n) is 7.88. The second kappa shape index (κ2) is 5.08. The van der Waals surface area contributed by atoms with Crippen molar-refractivity contribution in [2.24, 2.45) is 0 Å². The van der Waals surface area contributed by atoms with Crippen LogP contribution in [-0.2, 0) is 4.79 Å². The van der Waals surface area contributed by atoms with Gasteiger partial charge in [0.25, 0.3) is 0 Å². The molecule has 2 aliphatic heterocycles. The van der Waals surface area contributed by atoms with Crippen molar-refractivity contribution < 1.29 is 13.9 Å². The van der Waals surface area contributed by atoms with E-state index in [1.807, 2.05) is 11.5 Å². The topological polar surface area (TPSA) is 51.5 Å². The predicted octanol–water partition coefficient (Wildman–Crippen LogP) is 2.61. The van der Waals surface area contributed by atoms with Crippen molar-refractivity contribution in [1.82, 2.24) is 4.57 Å².